The third-order valence-electron chi connectivity index (χ3n) is 5.81. The Morgan fingerprint density at radius 1 is 0.467 bits per heavy atom. The van der Waals surface area contributed by atoms with Gasteiger partial charge in [-0.3, -0.25) is 0 Å². The van der Waals surface area contributed by atoms with Gasteiger partial charge < -0.3 is 0 Å². The van der Waals surface area contributed by atoms with Gasteiger partial charge in [0.05, 0.1) is 0 Å². The molecule has 1 aliphatic heterocycles. The highest BCUT2D eigenvalue weighted by atomic mass is 79.9. The fraction of sp³-hybridized carbons (Fsp3) is 0. The van der Waals surface area contributed by atoms with Crippen LogP contribution >= 0.6 is 55.1 Å². The Bertz CT molecular complexity index is 1180. The van der Waals surface area contributed by atoms with E-state index in [1.54, 1.807) is 0 Å². The van der Waals surface area contributed by atoms with E-state index in [0.717, 1.165) is 29.9 Å². The molecule has 1 heterocycles. The molecule has 4 aromatic carbocycles. The summed E-state index contributed by atoms with van der Waals surface area (Å²) in [5, 5.41) is 1.54. The molecule has 0 amide bonds. The van der Waals surface area contributed by atoms with E-state index in [1.165, 1.54) is 21.9 Å². The molecule has 0 aliphatic carbocycles. The summed E-state index contributed by atoms with van der Waals surface area (Å²) in [7, 11) is 0. The third-order valence-corrected chi connectivity index (χ3v) is 7.88. The van der Waals surface area contributed by atoms with E-state index in [9.17, 15) is 0 Å². The standard InChI is InChI=1S/C24H14B2Br2Cl2/c27-19-11-6-10-18-23(19)25(15-7-1-3-13-21(15)29)17-9-5-12-20(28)24(17)26(18)16-8-2-4-14-22(16)30/h1-14H. The van der Waals surface area contributed by atoms with Crippen molar-refractivity contribution in [2.45, 2.75) is 0 Å². The summed E-state index contributed by atoms with van der Waals surface area (Å²) >= 11 is 21.1. The first kappa shape index (κ1) is 20.5. The van der Waals surface area contributed by atoms with Crippen LogP contribution in [0.3, 0.4) is 0 Å². The van der Waals surface area contributed by atoms with Gasteiger partial charge in [0.1, 0.15) is 0 Å². The molecule has 0 N–H and O–H groups in total. The summed E-state index contributed by atoms with van der Waals surface area (Å²) in [5.74, 6) is 0. The lowest BCUT2D eigenvalue weighted by Crippen LogP contribution is -2.75. The van der Waals surface area contributed by atoms with E-state index in [1.807, 2.05) is 24.3 Å². The van der Waals surface area contributed by atoms with Crippen LogP contribution in [-0.2, 0) is 0 Å². The van der Waals surface area contributed by atoms with Crippen molar-refractivity contribution in [3.8, 4) is 0 Å². The molecule has 0 atom stereocenters. The highest BCUT2D eigenvalue weighted by Crippen LogP contribution is 2.17. The first-order chi connectivity index (χ1) is 14.6. The Morgan fingerprint density at radius 2 is 0.833 bits per heavy atom. The Balaban J connectivity index is 1.90. The van der Waals surface area contributed by atoms with Crippen LogP contribution < -0.4 is 32.8 Å². The zero-order chi connectivity index (χ0) is 20.8. The normalized spacial score (nSPS) is 12.5. The number of hydrogen-bond donors (Lipinski definition) is 0. The lowest BCUT2D eigenvalue weighted by molar-refractivity contribution is 1.67. The Kier molecular flexibility index (Phi) is 5.62. The predicted molar refractivity (Wildman–Crippen MR) is 140 cm³/mol. The highest BCUT2D eigenvalue weighted by molar-refractivity contribution is 9.11. The Hall–Kier alpha value is -1.45. The molecular formula is C24H14B2Br2Cl2. The number of benzene rings is 4. The number of rotatable bonds is 2. The molecule has 5 rings (SSSR count). The van der Waals surface area contributed by atoms with Crippen LogP contribution in [0, 0.1) is 0 Å². The average Bonchev–Trinajstić information content (AvgIpc) is 2.74. The summed E-state index contributed by atoms with van der Waals surface area (Å²) in [6.45, 7) is 0.0472. The van der Waals surface area contributed by atoms with E-state index >= 15 is 0 Å². The number of hydrogen-bond acceptors (Lipinski definition) is 0. The smallest absolute Gasteiger partial charge is 0.0849 e. The van der Waals surface area contributed by atoms with Gasteiger partial charge in [0.15, 0.2) is 0 Å². The van der Waals surface area contributed by atoms with E-state index < -0.39 is 0 Å². The van der Waals surface area contributed by atoms with Crippen molar-refractivity contribution < 1.29 is 0 Å². The van der Waals surface area contributed by atoms with Crippen LogP contribution in [0.2, 0.25) is 10.0 Å². The van der Waals surface area contributed by atoms with Crippen LogP contribution in [0.15, 0.2) is 93.9 Å². The molecule has 0 aromatic heterocycles. The van der Waals surface area contributed by atoms with Crippen molar-refractivity contribution in [1.82, 2.24) is 0 Å². The summed E-state index contributed by atoms with van der Waals surface area (Å²) < 4.78 is 2.15. The average molecular weight is 555 g/mol. The van der Waals surface area contributed by atoms with Crippen molar-refractivity contribution >= 4 is 101 Å². The molecule has 1 aliphatic rings. The summed E-state index contributed by atoms with van der Waals surface area (Å²) in [4.78, 5) is 0. The van der Waals surface area contributed by atoms with Gasteiger partial charge in [-0.15, -0.1) is 0 Å². The molecule has 30 heavy (non-hydrogen) atoms. The van der Waals surface area contributed by atoms with Gasteiger partial charge in [0.2, 0.25) is 13.4 Å². The molecule has 0 nitrogen and oxygen atoms in total. The van der Waals surface area contributed by atoms with Crippen LogP contribution in [0.4, 0.5) is 0 Å². The van der Waals surface area contributed by atoms with Gasteiger partial charge >= 0.3 is 0 Å². The van der Waals surface area contributed by atoms with E-state index in [4.69, 9.17) is 23.2 Å². The van der Waals surface area contributed by atoms with Crippen LogP contribution in [0.5, 0.6) is 0 Å². The maximum absolute atomic E-state index is 6.71. The molecular weight excluding hydrogens is 541 g/mol. The summed E-state index contributed by atoms with van der Waals surface area (Å²) in [6, 6.07) is 29.0. The molecule has 6 heteroatoms. The van der Waals surface area contributed by atoms with Crippen molar-refractivity contribution in [3.63, 3.8) is 0 Å². The monoisotopic (exact) mass is 552 g/mol. The van der Waals surface area contributed by atoms with Crippen LogP contribution in [-0.4, -0.2) is 13.4 Å². The lowest BCUT2D eigenvalue weighted by atomic mass is 9.21. The van der Waals surface area contributed by atoms with Gasteiger partial charge in [-0.2, -0.15) is 0 Å². The van der Waals surface area contributed by atoms with Crippen molar-refractivity contribution in [2.75, 3.05) is 0 Å². The highest BCUT2D eigenvalue weighted by Gasteiger charge is 2.41. The second-order valence-electron chi connectivity index (χ2n) is 7.39. The second-order valence-corrected chi connectivity index (χ2v) is 9.92. The molecule has 144 valence electrons. The summed E-state index contributed by atoms with van der Waals surface area (Å²) in [6.07, 6.45) is 0. The first-order valence-corrected chi connectivity index (χ1v) is 12.0. The molecule has 0 unspecified atom stereocenters. The molecule has 0 bridgehead atoms. The van der Waals surface area contributed by atoms with Gasteiger partial charge in [-0.05, 0) is 24.3 Å². The molecule has 0 radical (unpaired) electrons. The quantitative estimate of drug-likeness (QED) is 0.291. The Labute approximate surface area is 204 Å². The minimum absolute atomic E-state index is 0.0236. The van der Waals surface area contributed by atoms with Crippen molar-refractivity contribution in [2.24, 2.45) is 0 Å². The van der Waals surface area contributed by atoms with Crippen molar-refractivity contribution in [3.05, 3.63) is 104 Å². The zero-order valence-corrected chi connectivity index (χ0v) is 20.4. The van der Waals surface area contributed by atoms with E-state index in [-0.39, 0.29) is 13.4 Å². The van der Waals surface area contributed by atoms with Crippen LogP contribution in [0.25, 0.3) is 0 Å². The molecule has 4 aromatic rings. The van der Waals surface area contributed by atoms with Crippen molar-refractivity contribution in [1.29, 1.82) is 0 Å². The fourth-order valence-corrected chi connectivity index (χ4v) is 6.31. The van der Waals surface area contributed by atoms with Crippen LogP contribution in [0.1, 0.15) is 0 Å². The van der Waals surface area contributed by atoms with Gasteiger partial charge in [0, 0.05) is 19.0 Å². The topological polar surface area (TPSA) is 0 Å². The third kappa shape index (κ3) is 3.29. The van der Waals surface area contributed by atoms with Gasteiger partial charge in [-0.25, -0.2) is 0 Å². The fourth-order valence-electron chi connectivity index (χ4n) is 4.60. The van der Waals surface area contributed by atoms with E-state index in [0.29, 0.717) is 0 Å². The maximum atomic E-state index is 6.71. The molecule has 0 saturated carbocycles. The summed E-state index contributed by atoms with van der Waals surface area (Å²) in [5.41, 5.74) is 7.15. The first-order valence-electron chi connectivity index (χ1n) is 9.63. The molecule has 0 fully saturated rings. The SMILES string of the molecule is Clc1ccccc1B1c2cccc(Br)c2B(c2ccccc2Cl)c2cccc(Br)c21. The van der Waals surface area contributed by atoms with Gasteiger partial charge in [0.25, 0.3) is 0 Å². The number of halogens is 4. The minimum atomic E-state index is 0.0236. The second kappa shape index (κ2) is 8.24. The van der Waals surface area contributed by atoms with Gasteiger partial charge in [-0.1, -0.05) is 149 Å². The van der Waals surface area contributed by atoms with E-state index in [2.05, 4.69) is 92.5 Å². The molecule has 0 spiro atoms. The molecule has 0 saturated heterocycles. The maximum Gasteiger partial charge on any atom is 0.243 e. The minimum Gasteiger partial charge on any atom is -0.0849 e. The number of fused-ring (bicyclic) bond motifs is 2. The Morgan fingerprint density at radius 3 is 1.23 bits per heavy atom. The zero-order valence-electron chi connectivity index (χ0n) is 15.7. The lowest BCUT2D eigenvalue weighted by Gasteiger charge is -2.34. The largest absolute Gasteiger partial charge is 0.243 e. The predicted octanol–water partition coefficient (Wildman–Crippen LogP) is 3.86.